The van der Waals surface area contributed by atoms with Crippen molar-refractivity contribution in [3.05, 3.63) is 22.9 Å². The van der Waals surface area contributed by atoms with Crippen molar-refractivity contribution in [2.24, 2.45) is 0 Å². The average molecular weight is 182 g/mol. The van der Waals surface area contributed by atoms with Gasteiger partial charge in [0.2, 0.25) is 0 Å². The van der Waals surface area contributed by atoms with Crippen LogP contribution < -0.4 is 5.69 Å². The van der Waals surface area contributed by atoms with Crippen molar-refractivity contribution in [3.63, 3.8) is 0 Å². The van der Waals surface area contributed by atoms with Gasteiger partial charge in [-0.3, -0.25) is 4.57 Å². The Hall–Kier alpha value is -1.03. The van der Waals surface area contributed by atoms with Gasteiger partial charge >= 0.3 is 5.69 Å². The standard InChI is InChI=1S/C9H14N2O2/c1-13-9(3-2-4-9)7-11-6-5-10-8(11)12/h5-6H,2-4,7H2,1H3,(H,10,12). The second kappa shape index (κ2) is 3.03. The Balaban J connectivity index is 2.13. The topological polar surface area (TPSA) is 47.0 Å². The Labute approximate surface area is 76.5 Å². The van der Waals surface area contributed by atoms with Crippen molar-refractivity contribution in [1.82, 2.24) is 9.55 Å². The van der Waals surface area contributed by atoms with Gasteiger partial charge in [0.05, 0.1) is 12.1 Å². The van der Waals surface area contributed by atoms with Crippen LogP contribution in [-0.2, 0) is 11.3 Å². The summed E-state index contributed by atoms with van der Waals surface area (Å²) in [5, 5.41) is 0. The molecule has 1 aromatic heterocycles. The summed E-state index contributed by atoms with van der Waals surface area (Å²) in [7, 11) is 1.72. The molecule has 0 radical (unpaired) electrons. The third kappa shape index (κ3) is 1.42. The van der Waals surface area contributed by atoms with Gasteiger partial charge in [0.25, 0.3) is 0 Å². The van der Waals surface area contributed by atoms with Crippen molar-refractivity contribution in [2.45, 2.75) is 31.4 Å². The Bertz CT molecular complexity index is 330. The lowest BCUT2D eigenvalue weighted by atomic mass is 9.80. The number of hydrogen-bond donors (Lipinski definition) is 1. The molecule has 4 heteroatoms. The minimum Gasteiger partial charge on any atom is -0.376 e. The fourth-order valence-corrected chi connectivity index (χ4v) is 1.78. The number of H-pyrrole nitrogens is 1. The molecule has 0 amide bonds. The van der Waals surface area contributed by atoms with E-state index in [1.807, 2.05) is 0 Å². The Morgan fingerprint density at radius 2 is 2.46 bits per heavy atom. The number of aromatic amines is 1. The highest BCUT2D eigenvalue weighted by Gasteiger charge is 2.37. The predicted octanol–water partition coefficient (Wildman–Crippen LogP) is 0.745. The van der Waals surface area contributed by atoms with Gasteiger partial charge in [-0.2, -0.15) is 0 Å². The lowest BCUT2D eigenvalue weighted by molar-refractivity contribution is -0.0840. The molecule has 0 atom stereocenters. The highest BCUT2D eigenvalue weighted by Crippen LogP contribution is 2.35. The first-order chi connectivity index (χ1) is 6.26. The molecular formula is C9H14N2O2. The van der Waals surface area contributed by atoms with Crippen molar-refractivity contribution >= 4 is 0 Å². The first kappa shape index (κ1) is 8.56. The zero-order chi connectivity index (χ0) is 9.31. The molecule has 0 unspecified atom stereocenters. The van der Waals surface area contributed by atoms with Crippen molar-refractivity contribution in [1.29, 1.82) is 0 Å². The highest BCUT2D eigenvalue weighted by atomic mass is 16.5. The number of aromatic nitrogens is 2. The van der Waals surface area contributed by atoms with E-state index in [-0.39, 0.29) is 11.3 Å². The number of imidazole rings is 1. The van der Waals surface area contributed by atoms with Crippen molar-refractivity contribution < 1.29 is 4.74 Å². The summed E-state index contributed by atoms with van der Waals surface area (Å²) < 4.78 is 7.10. The Morgan fingerprint density at radius 3 is 2.85 bits per heavy atom. The molecule has 1 N–H and O–H groups in total. The smallest absolute Gasteiger partial charge is 0.325 e. The fourth-order valence-electron chi connectivity index (χ4n) is 1.78. The van der Waals surface area contributed by atoms with E-state index < -0.39 is 0 Å². The molecule has 2 rings (SSSR count). The maximum atomic E-state index is 11.2. The van der Waals surface area contributed by atoms with E-state index in [1.54, 1.807) is 24.1 Å². The highest BCUT2D eigenvalue weighted by molar-refractivity contribution is 4.91. The third-order valence-corrected chi connectivity index (χ3v) is 2.88. The molecule has 1 saturated carbocycles. The molecule has 1 aliphatic rings. The molecule has 72 valence electrons. The van der Waals surface area contributed by atoms with Gasteiger partial charge in [-0.1, -0.05) is 0 Å². The number of hydrogen-bond acceptors (Lipinski definition) is 2. The van der Waals surface area contributed by atoms with Crippen LogP contribution in [0.15, 0.2) is 17.2 Å². The second-order valence-electron chi connectivity index (χ2n) is 3.63. The van der Waals surface area contributed by atoms with Crippen molar-refractivity contribution in [2.75, 3.05) is 7.11 Å². The number of ether oxygens (including phenoxy) is 1. The largest absolute Gasteiger partial charge is 0.376 e. The van der Waals surface area contributed by atoms with Gasteiger partial charge in [-0.05, 0) is 19.3 Å². The van der Waals surface area contributed by atoms with Crippen LogP contribution in [0.4, 0.5) is 0 Å². The van der Waals surface area contributed by atoms with E-state index in [0.29, 0.717) is 6.54 Å². The summed E-state index contributed by atoms with van der Waals surface area (Å²) in [6, 6.07) is 0. The third-order valence-electron chi connectivity index (χ3n) is 2.88. The van der Waals surface area contributed by atoms with Crippen LogP contribution in [0.25, 0.3) is 0 Å². The zero-order valence-electron chi connectivity index (χ0n) is 7.75. The first-order valence-corrected chi connectivity index (χ1v) is 4.55. The summed E-state index contributed by atoms with van der Waals surface area (Å²) in [6.45, 7) is 0.672. The zero-order valence-corrected chi connectivity index (χ0v) is 7.75. The lowest BCUT2D eigenvalue weighted by Crippen LogP contribution is -2.44. The molecule has 0 saturated heterocycles. The van der Waals surface area contributed by atoms with Gasteiger partial charge in [0.15, 0.2) is 0 Å². The van der Waals surface area contributed by atoms with Crippen LogP contribution in [0.3, 0.4) is 0 Å². The predicted molar refractivity (Wildman–Crippen MR) is 48.6 cm³/mol. The van der Waals surface area contributed by atoms with Crippen LogP contribution in [0.2, 0.25) is 0 Å². The van der Waals surface area contributed by atoms with Gasteiger partial charge in [-0.15, -0.1) is 0 Å². The summed E-state index contributed by atoms with van der Waals surface area (Å²) in [6.07, 6.45) is 6.74. The SMILES string of the molecule is COC1(Cn2cc[nH]c2=O)CCC1. The number of nitrogens with one attached hydrogen (secondary N) is 1. The van der Waals surface area contributed by atoms with E-state index in [4.69, 9.17) is 4.74 Å². The van der Waals surface area contributed by atoms with Crippen LogP contribution in [0.5, 0.6) is 0 Å². The van der Waals surface area contributed by atoms with Crippen LogP contribution in [0, 0.1) is 0 Å². The maximum absolute atomic E-state index is 11.2. The molecule has 4 nitrogen and oxygen atoms in total. The van der Waals surface area contributed by atoms with Crippen molar-refractivity contribution in [3.8, 4) is 0 Å². The number of methoxy groups -OCH3 is 1. The maximum Gasteiger partial charge on any atom is 0.325 e. The second-order valence-corrected chi connectivity index (χ2v) is 3.63. The van der Waals surface area contributed by atoms with E-state index in [1.165, 1.54) is 6.42 Å². The fraction of sp³-hybridized carbons (Fsp3) is 0.667. The minimum absolute atomic E-state index is 0.0525. The molecule has 0 aromatic carbocycles. The number of nitrogens with zero attached hydrogens (tertiary/aromatic N) is 1. The quantitative estimate of drug-likeness (QED) is 0.749. The normalized spacial score (nSPS) is 19.8. The number of rotatable bonds is 3. The van der Waals surface area contributed by atoms with Gasteiger partial charge in [0.1, 0.15) is 0 Å². The monoisotopic (exact) mass is 182 g/mol. The summed E-state index contributed by atoms with van der Waals surface area (Å²) in [5.74, 6) is 0. The van der Waals surface area contributed by atoms with Gasteiger partial charge in [0, 0.05) is 19.5 Å². The van der Waals surface area contributed by atoms with Gasteiger partial charge in [-0.25, -0.2) is 4.79 Å². The van der Waals surface area contributed by atoms with Crippen LogP contribution >= 0.6 is 0 Å². The molecule has 1 aromatic rings. The van der Waals surface area contributed by atoms with Crippen LogP contribution in [-0.4, -0.2) is 22.3 Å². The summed E-state index contributed by atoms with van der Waals surface area (Å²) in [4.78, 5) is 13.8. The Kier molecular flexibility index (Phi) is 2.00. The molecular weight excluding hydrogens is 168 g/mol. The Morgan fingerprint density at radius 1 is 1.69 bits per heavy atom. The molecule has 0 aliphatic heterocycles. The first-order valence-electron chi connectivity index (χ1n) is 4.55. The van der Waals surface area contributed by atoms with E-state index in [2.05, 4.69) is 4.98 Å². The molecule has 0 spiro atoms. The summed E-state index contributed by atoms with van der Waals surface area (Å²) >= 11 is 0. The molecule has 0 bridgehead atoms. The lowest BCUT2D eigenvalue weighted by Gasteiger charge is -2.40. The average Bonchev–Trinajstić information content (AvgIpc) is 2.44. The van der Waals surface area contributed by atoms with Gasteiger partial charge < -0.3 is 9.72 Å². The molecule has 1 aliphatic carbocycles. The van der Waals surface area contributed by atoms with Crippen LogP contribution in [0.1, 0.15) is 19.3 Å². The molecule has 13 heavy (non-hydrogen) atoms. The molecule has 1 heterocycles. The van der Waals surface area contributed by atoms with E-state index in [9.17, 15) is 4.79 Å². The van der Waals surface area contributed by atoms with E-state index in [0.717, 1.165) is 12.8 Å². The minimum atomic E-state index is -0.0774. The summed E-state index contributed by atoms with van der Waals surface area (Å²) in [5.41, 5.74) is -0.130. The molecule has 1 fully saturated rings. The van der Waals surface area contributed by atoms with E-state index >= 15 is 0 Å².